The van der Waals surface area contributed by atoms with E-state index < -0.39 is 0 Å². The van der Waals surface area contributed by atoms with Crippen LogP contribution in [0.4, 0.5) is 11.6 Å². The molecule has 3 aromatic rings. The molecule has 1 unspecified atom stereocenters. The molecule has 0 amide bonds. The molecule has 0 saturated heterocycles. The number of fused-ring (bicyclic) bond motifs is 1. The highest BCUT2D eigenvalue weighted by Crippen LogP contribution is 2.44. The third-order valence-electron chi connectivity index (χ3n) is 7.27. The van der Waals surface area contributed by atoms with E-state index in [9.17, 15) is 4.79 Å². The number of carbonyl (C=O) groups excluding carboxylic acids is 1. The molecular formula is C27H31N5O2S. The summed E-state index contributed by atoms with van der Waals surface area (Å²) in [7, 11) is 1.45. The summed E-state index contributed by atoms with van der Waals surface area (Å²) in [6, 6.07) is 15.8. The summed E-state index contributed by atoms with van der Waals surface area (Å²) in [5.41, 5.74) is 11.6. The minimum Gasteiger partial charge on any atom is -0.469 e. The van der Waals surface area contributed by atoms with Crippen LogP contribution in [0.1, 0.15) is 37.7 Å². The highest BCUT2D eigenvalue weighted by Gasteiger charge is 2.35. The molecular weight excluding hydrogens is 458 g/mol. The lowest BCUT2D eigenvalue weighted by atomic mass is 9.74. The first-order chi connectivity index (χ1) is 17.0. The van der Waals surface area contributed by atoms with Gasteiger partial charge in [-0.15, -0.1) is 11.8 Å². The average molecular weight is 490 g/mol. The number of esters is 1. The zero-order valence-electron chi connectivity index (χ0n) is 19.8. The number of allylic oxidation sites excluding steroid dienone is 2. The molecule has 1 atom stereocenters. The molecule has 1 aliphatic carbocycles. The molecule has 0 bridgehead atoms. The number of hydrogen-bond donors (Lipinski definition) is 4. The van der Waals surface area contributed by atoms with Gasteiger partial charge in [0, 0.05) is 35.0 Å². The van der Waals surface area contributed by atoms with Crippen molar-refractivity contribution in [1.82, 2.24) is 9.97 Å². The number of methoxy groups -OCH3 is 1. The zero-order valence-corrected chi connectivity index (χ0v) is 20.7. The Hall–Kier alpha value is -3.26. The van der Waals surface area contributed by atoms with Crippen LogP contribution in [0.15, 0.2) is 59.1 Å². The third-order valence-corrected chi connectivity index (χ3v) is 8.52. The van der Waals surface area contributed by atoms with Crippen LogP contribution in [0.3, 0.4) is 0 Å². The fourth-order valence-corrected chi connectivity index (χ4v) is 6.61. The summed E-state index contributed by atoms with van der Waals surface area (Å²) in [4.78, 5) is 20.3. The summed E-state index contributed by atoms with van der Waals surface area (Å²) in [5.74, 6) is 2.76. The summed E-state index contributed by atoms with van der Waals surface area (Å²) < 4.78 is 4.83. The molecule has 1 aliphatic heterocycles. The van der Waals surface area contributed by atoms with Gasteiger partial charge < -0.3 is 20.8 Å². The summed E-state index contributed by atoms with van der Waals surface area (Å²) in [6.07, 6.45) is 4.76. The largest absolute Gasteiger partial charge is 0.469 e. The summed E-state index contributed by atoms with van der Waals surface area (Å²) in [6.45, 7) is 0. The van der Waals surface area contributed by atoms with E-state index in [1.807, 2.05) is 48.5 Å². The maximum absolute atomic E-state index is 11.6. The molecule has 2 heterocycles. The molecule has 2 aliphatic rings. The van der Waals surface area contributed by atoms with E-state index in [-0.39, 0.29) is 5.97 Å². The lowest BCUT2D eigenvalue weighted by Crippen LogP contribution is -2.27. The van der Waals surface area contributed by atoms with Gasteiger partial charge in [-0.1, -0.05) is 24.3 Å². The Morgan fingerprint density at radius 2 is 1.91 bits per heavy atom. The van der Waals surface area contributed by atoms with Crippen LogP contribution < -0.4 is 11.1 Å². The van der Waals surface area contributed by atoms with Crippen molar-refractivity contribution >= 4 is 46.1 Å². The second-order valence-corrected chi connectivity index (χ2v) is 10.5. The van der Waals surface area contributed by atoms with Crippen molar-refractivity contribution in [3.63, 3.8) is 0 Å². The normalized spacial score (nSPS) is 22.4. The second kappa shape index (κ2) is 10.2. The predicted octanol–water partition coefficient (Wildman–Crippen LogP) is 5.58. The van der Waals surface area contributed by atoms with Crippen LogP contribution >= 0.6 is 11.8 Å². The summed E-state index contributed by atoms with van der Waals surface area (Å²) in [5, 5.41) is 12.1. The molecule has 0 spiro atoms. The molecule has 7 nitrogen and oxygen atoms in total. The number of thioether (sulfide) groups is 1. The topological polar surface area (TPSA) is 117 Å². The number of ether oxygens (including phenoxy) is 1. The zero-order chi connectivity index (χ0) is 24.4. The standard InChI is InChI=1S/C27H31N5O2S/c1-34-23(33)14-16-6-8-17(9-7-16)20-15-35-26(25(20)29)24(28)18-10-12-19(13-11-18)30-27-31-21-4-2-3-5-22(21)32-27/h2-5,10-13,16-17,20,28H,6-9,14-15,29H2,1H3,(H2,30,31,32). The number of carbonyl (C=O) groups is 1. The van der Waals surface area contributed by atoms with E-state index in [2.05, 4.69) is 15.3 Å². The van der Waals surface area contributed by atoms with Crippen molar-refractivity contribution in [2.24, 2.45) is 23.5 Å². The number of nitrogens with two attached hydrogens (primary N) is 1. The molecule has 1 aromatic heterocycles. The number of aromatic nitrogens is 2. The van der Waals surface area contributed by atoms with Crippen LogP contribution in [0.5, 0.6) is 0 Å². The van der Waals surface area contributed by atoms with Crippen molar-refractivity contribution in [3.05, 3.63) is 64.7 Å². The number of para-hydroxylation sites is 2. The molecule has 5 N–H and O–H groups in total. The number of benzene rings is 2. The van der Waals surface area contributed by atoms with Gasteiger partial charge in [-0.05, 0) is 61.8 Å². The van der Waals surface area contributed by atoms with Gasteiger partial charge in [0.1, 0.15) is 0 Å². The quantitative estimate of drug-likeness (QED) is 0.254. The van der Waals surface area contributed by atoms with Crippen LogP contribution in [-0.4, -0.2) is 34.5 Å². The maximum Gasteiger partial charge on any atom is 0.305 e. The molecule has 0 radical (unpaired) electrons. The van der Waals surface area contributed by atoms with Crippen molar-refractivity contribution in [2.45, 2.75) is 32.1 Å². The molecule has 8 heteroatoms. The van der Waals surface area contributed by atoms with E-state index in [4.69, 9.17) is 15.9 Å². The van der Waals surface area contributed by atoms with Crippen molar-refractivity contribution in [3.8, 4) is 0 Å². The molecule has 182 valence electrons. The Morgan fingerprint density at radius 3 is 2.63 bits per heavy atom. The van der Waals surface area contributed by atoms with E-state index in [0.29, 0.717) is 35.8 Å². The van der Waals surface area contributed by atoms with Gasteiger partial charge in [-0.3, -0.25) is 10.2 Å². The Morgan fingerprint density at radius 1 is 1.17 bits per heavy atom. The molecule has 35 heavy (non-hydrogen) atoms. The first-order valence-corrected chi connectivity index (χ1v) is 13.1. The predicted molar refractivity (Wildman–Crippen MR) is 142 cm³/mol. The van der Waals surface area contributed by atoms with Crippen LogP contribution in [0.2, 0.25) is 0 Å². The van der Waals surface area contributed by atoms with E-state index in [1.165, 1.54) is 7.11 Å². The van der Waals surface area contributed by atoms with E-state index >= 15 is 0 Å². The summed E-state index contributed by atoms with van der Waals surface area (Å²) >= 11 is 1.70. The molecule has 1 saturated carbocycles. The van der Waals surface area contributed by atoms with Crippen LogP contribution in [0, 0.1) is 23.2 Å². The van der Waals surface area contributed by atoms with Gasteiger partial charge in [0.15, 0.2) is 0 Å². The Balaban J connectivity index is 1.21. The van der Waals surface area contributed by atoms with E-state index in [1.54, 1.807) is 11.8 Å². The average Bonchev–Trinajstić information content (AvgIpc) is 3.47. The molecule has 1 fully saturated rings. The number of nitrogens with one attached hydrogen (secondary N) is 3. The minimum absolute atomic E-state index is 0.112. The molecule has 2 aromatic carbocycles. The molecule has 5 rings (SSSR count). The monoisotopic (exact) mass is 489 g/mol. The van der Waals surface area contributed by atoms with Crippen LogP contribution in [-0.2, 0) is 9.53 Å². The van der Waals surface area contributed by atoms with Gasteiger partial charge in [0.05, 0.1) is 28.8 Å². The number of rotatable bonds is 7. The fourth-order valence-electron chi connectivity index (χ4n) is 5.23. The van der Waals surface area contributed by atoms with Crippen LogP contribution in [0.25, 0.3) is 11.0 Å². The maximum atomic E-state index is 11.6. The lowest BCUT2D eigenvalue weighted by Gasteiger charge is -2.32. The third kappa shape index (κ3) is 5.07. The number of H-pyrrole nitrogens is 1. The first kappa shape index (κ1) is 23.5. The smallest absolute Gasteiger partial charge is 0.305 e. The Labute approximate surface area is 209 Å². The number of anilines is 2. The number of imidazole rings is 1. The fraction of sp³-hybridized carbons (Fsp3) is 0.370. The van der Waals surface area contributed by atoms with Gasteiger partial charge in [-0.2, -0.15) is 0 Å². The van der Waals surface area contributed by atoms with E-state index in [0.717, 1.165) is 64.3 Å². The van der Waals surface area contributed by atoms with Crippen molar-refractivity contribution < 1.29 is 9.53 Å². The van der Waals surface area contributed by atoms with Crippen molar-refractivity contribution in [1.29, 1.82) is 5.41 Å². The lowest BCUT2D eigenvalue weighted by molar-refractivity contribution is -0.142. The highest BCUT2D eigenvalue weighted by molar-refractivity contribution is 8.04. The number of hydrogen-bond acceptors (Lipinski definition) is 7. The van der Waals surface area contributed by atoms with Crippen molar-refractivity contribution in [2.75, 3.05) is 18.2 Å². The number of nitrogens with zero attached hydrogens (tertiary/aromatic N) is 1. The first-order valence-electron chi connectivity index (χ1n) is 12.1. The minimum atomic E-state index is -0.112. The number of aromatic amines is 1. The second-order valence-electron chi connectivity index (χ2n) is 9.44. The van der Waals surface area contributed by atoms with Gasteiger partial charge in [0.25, 0.3) is 0 Å². The SMILES string of the molecule is COC(=O)CC1CCC(C2CSC(C(=N)c3ccc(Nc4nc5ccccc5[nH]4)cc3)=C2N)CC1. The van der Waals surface area contributed by atoms with Gasteiger partial charge >= 0.3 is 5.97 Å². The Kier molecular flexibility index (Phi) is 6.81. The highest BCUT2D eigenvalue weighted by atomic mass is 32.2. The van der Waals surface area contributed by atoms with Gasteiger partial charge in [0.2, 0.25) is 5.95 Å². The Bertz CT molecular complexity index is 1230. The van der Waals surface area contributed by atoms with Gasteiger partial charge in [-0.25, -0.2) is 4.98 Å².